The summed E-state index contributed by atoms with van der Waals surface area (Å²) in [7, 11) is -2.54. The van der Waals surface area contributed by atoms with E-state index in [9.17, 15) is 13.2 Å². The zero-order chi connectivity index (χ0) is 17.3. The minimum absolute atomic E-state index is 0.0143. The van der Waals surface area contributed by atoms with Crippen LogP contribution >= 0.6 is 0 Å². The number of methoxy groups -OCH3 is 1. The van der Waals surface area contributed by atoms with Crippen molar-refractivity contribution in [2.24, 2.45) is 5.73 Å². The molecule has 24 heavy (non-hydrogen) atoms. The van der Waals surface area contributed by atoms with Crippen LogP contribution in [-0.4, -0.2) is 31.4 Å². The number of carbonyl (C=O) groups excluding carboxylic acids is 1. The van der Waals surface area contributed by atoms with Crippen LogP contribution in [0.2, 0.25) is 0 Å². The monoisotopic (exact) mass is 346 g/mol. The van der Waals surface area contributed by atoms with Gasteiger partial charge in [-0.05, 0) is 30.3 Å². The number of sulfonamides is 1. The highest BCUT2D eigenvalue weighted by Crippen LogP contribution is 2.24. The van der Waals surface area contributed by atoms with Crippen LogP contribution in [0.3, 0.4) is 0 Å². The lowest BCUT2D eigenvalue weighted by Crippen LogP contribution is -2.16. The molecule has 0 saturated heterocycles. The Kier molecular flexibility index (Phi) is 3.86. The van der Waals surface area contributed by atoms with E-state index >= 15 is 0 Å². The molecule has 0 spiro atoms. The third-order valence-electron chi connectivity index (χ3n) is 3.40. The Morgan fingerprint density at radius 1 is 1.29 bits per heavy atom. The second-order valence-electron chi connectivity index (χ2n) is 4.97. The molecule has 0 bridgehead atoms. The lowest BCUT2D eigenvalue weighted by Gasteiger charge is -2.11. The van der Waals surface area contributed by atoms with Crippen molar-refractivity contribution in [3.63, 3.8) is 0 Å². The molecule has 8 nitrogen and oxygen atoms in total. The fourth-order valence-corrected chi connectivity index (χ4v) is 3.32. The minimum Gasteiger partial charge on any atom is -0.496 e. The van der Waals surface area contributed by atoms with E-state index in [4.69, 9.17) is 10.5 Å². The molecular formula is C15H14N4O4S. The first-order valence-corrected chi connectivity index (χ1v) is 8.33. The number of hydrogen-bond donors (Lipinski definition) is 3. The molecule has 0 fully saturated rings. The topological polar surface area (TPSA) is 127 Å². The van der Waals surface area contributed by atoms with Gasteiger partial charge >= 0.3 is 0 Å². The lowest BCUT2D eigenvalue weighted by molar-refractivity contribution is 0.0997. The number of benzene rings is 1. The number of H-pyrrole nitrogens is 1. The van der Waals surface area contributed by atoms with Gasteiger partial charge in [0.15, 0.2) is 0 Å². The van der Waals surface area contributed by atoms with Gasteiger partial charge in [0, 0.05) is 11.6 Å². The number of nitrogens with zero attached hydrogens (tertiary/aromatic N) is 1. The normalized spacial score (nSPS) is 11.4. The molecule has 0 aliphatic rings. The highest BCUT2D eigenvalue weighted by molar-refractivity contribution is 7.92. The van der Waals surface area contributed by atoms with E-state index < -0.39 is 15.9 Å². The average Bonchev–Trinajstić information content (AvgIpc) is 3.01. The third-order valence-corrected chi connectivity index (χ3v) is 4.78. The summed E-state index contributed by atoms with van der Waals surface area (Å²) in [6.07, 6.45) is 3.10. The molecule has 0 radical (unpaired) electrons. The van der Waals surface area contributed by atoms with Crippen molar-refractivity contribution in [1.29, 1.82) is 0 Å². The maximum Gasteiger partial charge on any atom is 0.261 e. The van der Waals surface area contributed by atoms with E-state index in [2.05, 4.69) is 14.7 Å². The number of aromatic nitrogens is 2. The average molecular weight is 346 g/mol. The first-order valence-electron chi connectivity index (χ1n) is 6.84. The van der Waals surface area contributed by atoms with Crippen molar-refractivity contribution in [2.45, 2.75) is 4.90 Å². The second kappa shape index (κ2) is 5.85. The Hall–Kier alpha value is -3.07. The van der Waals surface area contributed by atoms with Gasteiger partial charge in [0.25, 0.3) is 15.9 Å². The van der Waals surface area contributed by atoms with Crippen molar-refractivity contribution in [1.82, 2.24) is 9.97 Å². The molecule has 1 amide bonds. The molecule has 4 N–H and O–H groups in total. The quantitative estimate of drug-likeness (QED) is 0.644. The van der Waals surface area contributed by atoms with Gasteiger partial charge in [-0.15, -0.1) is 0 Å². The molecule has 1 aromatic carbocycles. The lowest BCUT2D eigenvalue weighted by atomic mass is 10.2. The van der Waals surface area contributed by atoms with E-state index in [-0.39, 0.29) is 16.2 Å². The molecule has 0 saturated carbocycles. The first-order chi connectivity index (χ1) is 11.4. The smallest absolute Gasteiger partial charge is 0.261 e. The molecule has 9 heteroatoms. The van der Waals surface area contributed by atoms with Crippen LogP contribution < -0.4 is 15.2 Å². The number of ether oxygens (including phenoxy) is 1. The van der Waals surface area contributed by atoms with Crippen molar-refractivity contribution in [2.75, 3.05) is 11.8 Å². The number of rotatable bonds is 5. The van der Waals surface area contributed by atoms with Crippen LogP contribution in [0, 0.1) is 0 Å². The summed E-state index contributed by atoms with van der Waals surface area (Å²) in [5, 5.41) is 0.766. The van der Waals surface area contributed by atoms with Gasteiger partial charge in [-0.25, -0.2) is 13.4 Å². The molecule has 0 aliphatic carbocycles. The molecular weight excluding hydrogens is 332 g/mol. The number of fused-ring (bicyclic) bond motifs is 1. The number of nitrogens with one attached hydrogen (secondary N) is 2. The van der Waals surface area contributed by atoms with Crippen LogP contribution in [0.25, 0.3) is 11.0 Å². The Balaban J connectivity index is 1.97. The Morgan fingerprint density at radius 2 is 2.08 bits per heavy atom. The highest BCUT2D eigenvalue weighted by Gasteiger charge is 2.19. The molecule has 124 valence electrons. The molecule has 0 unspecified atom stereocenters. The highest BCUT2D eigenvalue weighted by atomic mass is 32.2. The number of anilines is 1. The van der Waals surface area contributed by atoms with E-state index in [1.807, 2.05) is 0 Å². The van der Waals surface area contributed by atoms with E-state index in [0.717, 1.165) is 5.39 Å². The van der Waals surface area contributed by atoms with Gasteiger partial charge in [-0.1, -0.05) is 0 Å². The minimum atomic E-state index is -3.91. The Labute approximate surface area is 137 Å². The first kappa shape index (κ1) is 15.8. The van der Waals surface area contributed by atoms with Crippen LogP contribution in [-0.2, 0) is 10.0 Å². The van der Waals surface area contributed by atoms with Crippen molar-refractivity contribution in [3.05, 3.63) is 48.3 Å². The fraction of sp³-hybridized carbons (Fsp3) is 0.0667. The molecule has 2 aromatic heterocycles. The van der Waals surface area contributed by atoms with Gasteiger partial charge in [-0.3, -0.25) is 9.52 Å². The summed E-state index contributed by atoms with van der Waals surface area (Å²) >= 11 is 0. The molecule has 3 aromatic rings. The predicted octanol–water partition coefficient (Wildman–Crippen LogP) is 1.47. The zero-order valence-electron chi connectivity index (χ0n) is 12.6. The van der Waals surface area contributed by atoms with E-state index in [0.29, 0.717) is 11.3 Å². The van der Waals surface area contributed by atoms with Gasteiger partial charge in [0.05, 0.1) is 29.5 Å². The summed E-state index contributed by atoms with van der Waals surface area (Å²) in [6.45, 7) is 0. The number of amides is 1. The number of carbonyl (C=O) groups is 1. The standard InChI is InChI=1S/C15H14N4O4S/c1-23-13-3-2-11(7-12(13)14(16)20)24(21,22)19-10-6-9-4-5-17-15(9)18-8-10/h2-8,19H,1H3,(H2,16,20)(H,17,18). The van der Waals surface area contributed by atoms with Crippen molar-refractivity contribution >= 4 is 32.7 Å². The second-order valence-corrected chi connectivity index (χ2v) is 6.65. The molecule has 0 aliphatic heterocycles. The Morgan fingerprint density at radius 3 is 2.79 bits per heavy atom. The summed E-state index contributed by atoms with van der Waals surface area (Å²) < 4.78 is 32.4. The Bertz CT molecular complexity index is 1030. The van der Waals surface area contributed by atoms with E-state index in [1.165, 1.54) is 31.5 Å². The number of aromatic amines is 1. The third kappa shape index (κ3) is 2.88. The van der Waals surface area contributed by atoms with Crippen molar-refractivity contribution in [3.8, 4) is 5.75 Å². The molecule has 2 heterocycles. The maximum absolute atomic E-state index is 12.5. The summed E-state index contributed by atoms with van der Waals surface area (Å²) in [6, 6.07) is 7.30. The van der Waals surface area contributed by atoms with Crippen molar-refractivity contribution < 1.29 is 17.9 Å². The number of primary amides is 1. The summed E-state index contributed by atoms with van der Waals surface area (Å²) in [4.78, 5) is 18.4. The largest absolute Gasteiger partial charge is 0.496 e. The number of pyridine rings is 1. The van der Waals surface area contributed by atoms with Gasteiger partial charge in [0.2, 0.25) is 0 Å². The number of nitrogens with two attached hydrogens (primary N) is 1. The van der Waals surface area contributed by atoms with Crippen LogP contribution in [0.15, 0.2) is 47.6 Å². The SMILES string of the molecule is COc1ccc(S(=O)(=O)Nc2cnc3[nH]ccc3c2)cc1C(N)=O. The maximum atomic E-state index is 12.5. The molecule has 3 rings (SSSR count). The van der Waals surface area contributed by atoms with Gasteiger partial charge in [0.1, 0.15) is 11.4 Å². The number of hydrogen-bond acceptors (Lipinski definition) is 5. The zero-order valence-corrected chi connectivity index (χ0v) is 13.4. The summed E-state index contributed by atoms with van der Waals surface area (Å²) in [5.41, 5.74) is 6.20. The summed E-state index contributed by atoms with van der Waals surface area (Å²) in [5.74, 6) is -0.573. The van der Waals surface area contributed by atoms with E-state index in [1.54, 1.807) is 18.3 Å². The van der Waals surface area contributed by atoms with Crippen LogP contribution in [0.4, 0.5) is 5.69 Å². The predicted molar refractivity (Wildman–Crippen MR) is 88.4 cm³/mol. The fourth-order valence-electron chi connectivity index (χ4n) is 2.26. The molecule has 0 atom stereocenters. The van der Waals surface area contributed by atoms with Crippen LogP contribution in [0.1, 0.15) is 10.4 Å². The van der Waals surface area contributed by atoms with Gasteiger partial charge < -0.3 is 15.5 Å². The van der Waals surface area contributed by atoms with Crippen LogP contribution in [0.5, 0.6) is 5.75 Å². The van der Waals surface area contributed by atoms with Gasteiger partial charge in [-0.2, -0.15) is 0 Å².